The summed E-state index contributed by atoms with van der Waals surface area (Å²) in [7, 11) is -4.26. The highest BCUT2D eigenvalue weighted by Crippen LogP contribution is 2.21. The molecule has 5 heteroatoms. The number of hydrogen-bond acceptors (Lipinski definition) is 3. The lowest BCUT2D eigenvalue weighted by molar-refractivity contribution is 0.260. The molecule has 0 aromatic heterocycles. The molecule has 23 heavy (non-hydrogen) atoms. The third-order valence-corrected chi connectivity index (χ3v) is 4.91. The lowest BCUT2D eigenvalue weighted by Crippen LogP contribution is -2.05. The second-order valence-corrected chi connectivity index (χ2v) is 8.66. The Kier molecular flexibility index (Phi) is 13.1. The summed E-state index contributed by atoms with van der Waals surface area (Å²) in [4.78, 5) is 0. The quantitative estimate of drug-likeness (QED) is 0.307. The van der Waals surface area contributed by atoms with Crippen LogP contribution in [0, 0.1) is 17.8 Å². The zero-order valence-corrected chi connectivity index (χ0v) is 16.4. The fourth-order valence-electron chi connectivity index (χ4n) is 2.91. The van der Waals surface area contributed by atoms with Crippen LogP contribution in [-0.2, 0) is 14.6 Å². The van der Waals surface area contributed by atoms with E-state index in [0.717, 1.165) is 30.6 Å². The van der Waals surface area contributed by atoms with Gasteiger partial charge in [-0.05, 0) is 24.2 Å². The van der Waals surface area contributed by atoms with Crippen molar-refractivity contribution in [1.82, 2.24) is 0 Å². The summed E-state index contributed by atoms with van der Waals surface area (Å²) < 4.78 is 33.5. The fourth-order valence-corrected chi connectivity index (χ4v) is 3.24. The molecule has 0 fully saturated rings. The van der Waals surface area contributed by atoms with Gasteiger partial charge < -0.3 is 0 Å². The van der Waals surface area contributed by atoms with E-state index < -0.39 is 10.4 Å². The summed E-state index contributed by atoms with van der Waals surface area (Å²) in [6.07, 6.45) is 11.9. The van der Waals surface area contributed by atoms with Gasteiger partial charge in [0.1, 0.15) is 0 Å². The van der Waals surface area contributed by atoms with E-state index in [1.807, 2.05) is 0 Å². The van der Waals surface area contributed by atoms with Crippen LogP contribution in [0.1, 0.15) is 91.9 Å². The van der Waals surface area contributed by atoms with E-state index in [4.69, 9.17) is 4.55 Å². The minimum atomic E-state index is -4.26. The van der Waals surface area contributed by atoms with Crippen LogP contribution in [0.4, 0.5) is 0 Å². The van der Waals surface area contributed by atoms with Gasteiger partial charge in [-0.2, -0.15) is 8.42 Å². The third kappa shape index (κ3) is 18.1. The van der Waals surface area contributed by atoms with Crippen molar-refractivity contribution >= 4 is 10.4 Å². The Morgan fingerprint density at radius 3 is 1.70 bits per heavy atom. The predicted octanol–water partition coefficient (Wildman–Crippen LogP) is 5.64. The van der Waals surface area contributed by atoms with Gasteiger partial charge in [-0.3, -0.25) is 4.55 Å². The van der Waals surface area contributed by atoms with Crippen molar-refractivity contribution in [1.29, 1.82) is 0 Å². The van der Waals surface area contributed by atoms with E-state index in [1.165, 1.54) is 44.9 Å². The Morgan fingerprint density at radius 1 is 0.739 bits per heavy atom. The van der Waals surface area contributed by atoms with E-state index in [2.05, 4.69) is 31.9 Å². The van der Waals surface area contributed by atoms with Gasteiger partial charge in [-0.25, -0.2) is 4.18 Å². The van der Waals surface area contributed by atoms with Crippen molar-refractivity contribution in [2.75, 3.05) is 6.61 Å². The van der Waals surface area contributed by atoms with Crippen molar-refractivity contribution in [3.63, 3.8) is 0 Å². The Morgan fingerprint density at radius 2 is 1.22 bits per heavy atom. The summed E-state index contributed by atoms with van der Waals surface area (Å²) in [5, 5.41) is 0. The van der Waals surface area contributed by atoms with Crippen LogP contribution in [-0.4, -0.2) is 19.6 Å². The zero-order chi connectivity index (χ0) is 17.7. The van der Waals surface area contributed by atoms with Gasteiger partial charge in [-0.15, -0.1) is 0 Å². The molecule has 2 unspecified atom stereocenters. The number of rotatable bonds is 15. The van der Waals surface area contributed by atoms with Crippen LogP contribution < -0.4 is 0 Å². The standard InChI is InChI=1S/C18H38O4S/c1-16(2)10-8-12-18(4)14-9-13-17(3)11-6-5-7-15-22-23(19,20)21/h16-18H,5-15H2,1-4H3,(H,19,20,21). The molecule has 0 spiro atoms. The van der Waals surface area contributed by atoms with E-state index in [-0.39, 0.29) is 6.61 Å². The molecule has 0 rings (SSSR count). The first-order valence-corrected chi connectivity index (χ1v) is 10.7. The zero-order valence-electron chi connectivity index (χ0n) is 15.6. The molecule has 0 heterocycles. The van der Waals surface area contributed by atoms with Crippen molar-refractivity contribution < 1.29 is 17.2 Å². The van der Waals surface area contributed by atoms with E-state index in [0.29, 0.717) is 6.42 Å². The van der Waals surface area contributed by atoms with Gasteiger partial charge in [0.2, 0.25) is 0 Å². The van der Waals surface area contributed by atoms with Crippen molar-refractivity contribution in [3.05, 3.63) is 0 Å². The molecule has 0 amide bonds. The van der Waals surface area contributed by atoms with Gasteiger partial charge in [0.05, 0.1) is 6.61 Å². The van der Waals surface area contributed by atoms with Gasteiger partial charge in [-0.1, -0.05) is 85.5 Å². The third-order valence-electron chi connectivity index (χ3n) is 4.45. The lowest BCUT2D eigenvalue weighted by Gasteiger charge is -2.15. The molecular weight excluding hydrogens is 312 g/mol. The average Bonchev–Trinajstić information content (AvgIpc) is 2.41. The maximum atomic E-state index is 10.4. The first-order chi connectivity index (χ1) is 10.7. The Balaban J connectivity index is 3.44. The minimum Gasteiger partial charge on any atom is -0.264 e. The average molecular weight is 351 g/mol. The Bertz CT molecular complexity index is 365. The molecule has 4 nitrogen and oxygen atoms in total. The molecule has 0 aromatic carbocycles. The molecule has 0 aliphatic rings. The smallest absolute Gasteiger partial charge is 0.264 e. The van der Waals surface area contributed by atoms with Crippen LogP contribution in [0.2, 0.25) is 0 Å². The van der Waals surface area contributed by atoms with Gasteiger partial charge in [0.25, 0.3) is 0 Å². The molecule has 0 saturated heterocycles. The highest BCUT2D eigenvalue weighted by atomic mass is 32.3. The molecule has 1 N–H and O–H groups in total. The van der Waals surface area contributed by atoms with E-state index in [9.17, 15) is 8.42 Å². The molecule has 2 atom stereocenters. The highest BCUT2D eigenvalue weighted by Gasteiger charge is 2.07. The second-order valence-electron chi connectivity index (χ2n) is 7.57. The van der Waals surface area contributed by atoms with Crippen LogP contribution in [0.3, 0.4) is 0 Å². The lowest BCUT2D eigenvalue weighted by atomic mass is 9.92. The first-order valence-electron chi connectivity index (χ1n) is 9.32. The van der Waals surface area contributed by atoms with Crippen LogP contribution in [0.15, 0.2) is 0 Å². The monoisotopic (exact) mass is 350 g/mol. The summed E-state index contributed by atoms with van der Waals surface area (Å²) in [5.41, 5.74) is 0. The van der Waals surface area contributed by atoms with Crippen LogP contribution in [0.5, 0.6) is 0 Å². The normalized spacial score (nSPS) is 15.0. The van der Waals surface area contributed by atoms with Crippen molar-refractivity contribution in [2.24, 2.45) is 17.8 Å². The molecular formula is C18H38O4S. The minimum absolute atomic E-state index is 0.0844. The second kappa shape index (κ2) is 13.2. The molecule has 0 aliphatic carbocycles. The summed E-state index contributed by atoms with van der Waals surface area (Å²) in [5.74, 6) is 2.41. The fraction of sp³-hybridized carbons (Fsp3) is 1.00. The SMILES string of the molecule is CC(C)CCCC(C)CCCC(C)CCCCCOS(=O)(=O)O. The first kappa shape index (κ1) is 22.9. The topological polar surface area (TPSA) is 63.6 Å². The predicted molar refractivity (Wildman–Crippen MR) is 96.8 cm³/mol. The number of hydrogen-bond donors (Lipinski definition) is 1. The van der Waals surface area contributed by atoms with E-state index in [1.54, 1.807) is 0 Å². The number of unbranched alkanes of at least 4 members (excludes halogenated alkanes) is 2. The van der Waals surface area contributed by atoms with Gasteiger partial charge in [0.15, 0.2) is 0 Å². The highest BCUT2D eigenvalue weighted by molar-refractivity contribution is 7.80. The van der Waals surface area contributed by atoms with Crippen LogP contribution in [0.25, 0.3) is 0 Å². The molecule has 140 valence electrons. The summed E-state index contributed by atoms with van der Waals surface area (Å²) in [6, 6.07) is 0. The Hall–Kier alpha value is -0.130. The maximum Gasteiger partial charge on any atom is 0.397 e. The molecule has 0 saturated carbocycles. The van der Waals surface area contributed by atoms with Crippen molar-refractivity contribution in [2.45, 2.75) is 91.9 Å². The molecule has 0 radical (unpaired) electrons. The van der Waals surface area contributed by atoms with E-state index >= 15 is 0 Å². The largest absolute Gasteiger partial charge is 0.397 e. The van der Waals surface area contributed by atoms with Crippen molar-refractivity contribution in [3.8, 4) is 0 Å². The Labute approximate surface area is 144 Å². The molecule has 0 aromatic rings. The maximum absolute atomic E-state index is 10.4. The van der Waals surface area contributed by atoms with Crippen LogP contribution >= 0.6 is 0 Å². The van der Waals surface area contributed by atoms with Gasteiger partial charge >= 0.3 is 10.4 Å². The summed E-state index contributed by atoms with van der Waals surface area (Å²) in [6.45, 7) is 9.35. The summed E-state index contributed by atoms with van der Waals surface area (Å²) >= 11 is 0. The van der Waals surface area contributed by atoms with Gasteiger partial charge in [0, 0.05) is 0 Å². The molecule has 0 aliphatic heterocycles. The molecule has 0 bridgehead atoms.